The van der Waals surface area contributed by atoms with Crippen LogP contribution in [0.5, 0.6) is 11.5 Å². The van der Waals surface area contributed by atoms with Crippen molar-refractivity contribution in [3.63, 3.8) is 0 Å². The molecule has 0 spiro atoms. The van der Waals surface area contributed by atoms with Gasteiger partial charge in [-0.3, -0.25) is 4.79 Å². The summed E-state index contributed by atoms with van der Waals surface area (Å²) in [4.78, 5) is 12.2. The third kappa shape index (κ3) is 3.57. The first-order chi connectivity index (χ1) is 9.61. The summed E-state index contributed by atoms with van der Waals surface area (Å²) in [6.45, 7) is 0. The van der Waals surface area contributed by atoms with E-state index in [0.717, 1.165) is 25.7 Å². The number of aromatic hydroxyl groups is 1. The smallest absolute Gasteiger partial charge is 0.251 e. The van der Waals surface area contributed by atoms with E-state index in [-0.39, 0.29) is 23.1 Å². The Morgan fingerprint density at radius 3 is 2.80 bits per heavy atom. The van der Waals surface area contributed by atoms with Crippen LogP contribution in [0.1, 0.15) is 42.5 Å². The van der Waals surface area contributed by atoms with Gasteiger partial charge in [-0.15, -0.1) is 11.6 Å². The van der Waals surface area contributed by atoms with Crippen LogP contribution in [-0.4, -0.2) is 29.5 Å². The highest BCUT2D eigenvalue weighted by molar-refractivity contribution is 6.21. The highest BCUT2D eigenvalue weighted by Gasteiger charge is 2.24. The number of methoxy groups -OCH3 is 1. The summed E-state index contributed by atoms with van der Waals surface area (Å²) in [7, 11) is 1.47. The molecule has 1 fully saturated rings. The Balaban J connectivity index is 2.05. The third-order valence-electron chi connectivity index (χ3n) is 3.69. The van der Waals surface area contributed by atoms with Gasteiger partial charge in [-0.1, -0.05) is 19.3 Å². The van der Waals surface area contributed by atoms with E-state index in [9.17, 15) is 9.90 Å². The molecule has 1 aliphatic carbocycles. The molecule has 0 aromatic heterocycles. The van der Waals surface area contributed by atoms with Crippen molar-refractivity contribution in [2.24, 2.45) is 0 Å². The van der Waals surface area contributed by atoms with Gasteiger partial charge in [0.15, 0.2) is 11.5 Å². The van der Waals surface area contributed by atoms with Crippen LogP contribution in [0.3, 0.4) is 0 Å². The van der Waals surface area contributed by atoms with Crippen molar-refractivity contribution in [1.29, 1.82) is 0 Å². The molecule has 110 valence electrons. The number of carbonyl (C=O) groups excluding carboxylic acids is 1. The highest BCUT2D eigenvalue weighted by atomic mass is 35.5. The monoisotopic (exact) mass is 297 g/mol. The SMILES string of the molecule is COc1ccc(C(=O)NC2CCCCCC2Cl)cc1O. The average molecular weight is 298 g/mol. The standard InChI is InChI=1S/C15H20ClNO3/c1-20-14-8-7-10(9-13(14)18)15(19)17-12-6-4-2-3-5-11(12)16/h7-9,11-12,18H,2-6H2,1H3,(H,17,19). The lowest BCUT2D eigenvalue weighted by atomic mass is 10.1. The Morgan fingerprint density at radius 2 is 2.10 bits per heavy atom. The number of phenols is 1. The van der Waals surface area contributed by atoms with Crippen LogP contribution < -0.4 is 10.1 Å². The maximum atomic E-state index is 12.2. The Hall–Kier alpha value is -1.42. The van der Waals surface area contributed by atoms with E-state index < -0.39 is 0 Å². The van der Waals surface area contributed by atoms with E-state index in [0.29, 0.717) is 11.3 Å². The average Bonchev–Trinajstić information content (AvgIpc) is 2.64. The van der Waals surface area contributed by atoms with E-state index in [2.05, 4.69) is 5.32 Å². The molecular weight excluding hydrogens is 278 g/mol. The van der Waals surface area contributed by atoms with Crippen molar-refractivity contribution >= 4 is 17.5 Å². The van der Waals surface area contributed by atoms with Gasteiger partial charge in [0.25, 0.3) is 5.91 Å². The van der Waals surface area contributed by atoms with Gasteiger partial charge in [0, 0.05) is 11.6 Å². The topological polar surface area (TPSA) is 58.6 Å². The number of hydrogen-bond donors (Lipinski definition) is 2. The number of carbonyl (C=O) groups is 1. The number of phenolic OH excluding ortho intramolecular Hbond substituents is 1. The summed E-state index contributed by atoms with van der Waals surface area (Å²) >= 11 is 6.31. The number of halogens is 1. The van der Waals surface area contributed by atoms with Gasteiger partial charge >= 0.3 is 0 Å². The Labute approximate surface area is 124 Å². The predicted octanol–water partition coefficient (Wildman–Crippen LogP) is 3.07. The van der Waals surface area contributed by atoms with Crippen molar-refractivity contribution < 1.29 is 14.6 Å². The van der Waals surface area contributed by atoms with Gasteiger partial charge in [0.1, 0.15) is 0 Å². The molecule has 2 N–H and O–H groups in total. The zero-order valence-corrected chi connectivity index (χ0v) is 12.3. The van der Waals surface area contributed by atoms with Crippen LogP contribution in [0.25, 0.3) is 0 Å². The molecule has 0 bridgehead atoms. The first-order valence-corrected chi connectivity index (χ1v) is 7.37. The second-order valence-electron chi connectivity index (χ2n) is 5.12. The molecule has 2 rings (SSSR count). The summed E-state index contributed by atoms with van der Waals surface area (Å²) in [6.07, 6.45) is 5.20. The number of amides is 1. The first kappa shape index (κ1) is 15.0. The zero-order valence-electron chi connectivity index (χ0n) is 11.6. The quantitative estimate of drug-likeness (QED) is 0.666. The summed E-state index contributed by atoms with van der Waals surface area (Å²) in [5.74, 6) is 0.107. The number of hydrogen-bond acceptors (Lipinski definition) is 3. The van der Waals surface area contributed by atoms with Crippen molar-refractivity contribution in [1.82, 2.24) is 5.32 Å². The molecule has 4 nitrogen and oxygen atoms in total. The molecule has 1 aromatic carbocycles. The number of benzene rings is 1. The van der Waals surface area contributed by atoms with Gasteiger partial charge in [-0.05, 0) is 31.0 Å². The van der Waals surface area contributed by atoms with E-state index in [1.165, 1.54) is 19.6 Å². The molecule has 2 unspecified atom stereocenters. The molecule has 2 atom stereocenters. The minimum atomic E-state index is -0.208. The second kappa shape index (κ2) is 6.84. The van der Waals surface area contributed by atoms with Gasteiger partial charge in [-0.2, -0.15) is 0 Å². The normalized spacial score (nSPS) is 22.9. The maximum Gasteiger partial charge on any atom is 0.251 e. The van der Waals surface area contributed by atoms with Gasteiger partial charge in [0.2, 0.25) is 0 Å². The van der Waals surface area contributed by atoms with Gasteiger partial charge in [-0.25, -0.2) is 0 Å². The van der Waals surface area contributed by atoms with Crippen LogP contribution in [0.2, 0.25) is 0 Å². The molecule has 1 amide bonds. The molecule has 20 heavy (non-hydrogen) atoms. The molecule has 0 radical (unpaired) electrons. The fourth-order valence-electron chi connectivity index (χ4n) is 2.51. The van der Waals surface area contributed by atoms with E-state index in [4.69, 9.17) is 16.3 Å². The second-order valence-corrected chi connectivity index (χ2v) is 5.68. The minimum Gasteiger partial charge on any atom is -0.504 e. The first-order valence-electron chi connectivity index (χ1n) is 6.93. The van der Waals surface area contributed by atoms with Gasteiger partial charge in [0.05, 0.1) is 12.5 Å². The molecule has 0 saturated heterocycles. The fourth-order valence-corrected chi connectivity index (χ4v) is 2.85. The Kier molecular flexibility index (Phi) is 5.12. The molecule has 1 saturated carbocycles. The molecule has 1 aromatic rings. The van der Waals surface area contributed by atoms with Gasteiger partial charge < -0.3 is 15.2 Å². The lowest BCUT2D eigenvalue weighted by Crippen LogP contribution is -2.40. The van der Waals surface area contributed by atoms with Crippen LogP contribution in [0.15, 0.2) is 18.2 Å². The largest absolute Gasteiger partial charge is 0.504 e. The Bertz CT molecular complexity index is 478. The number of nitrogens with one attached hydrogen (secondary N) is 1. The molecule has 1 aliphatic rings. The van der Waals surface area contributed by atoms with E-state index in [1.807, 2.05) is 0 Å². The Morgan fingerprint density at radius 1 is 1.35 bits per heavy atom. The number of alkyl halides is 1. The van der Waals surface area contributed by atoms with E-state index in [1.54, 1.807) is 12.1 Å². The lowest BCUT2D eigenvalue weighted by Gasteiger charge is -2.21. The van der Waals surface area contributed by atoms with Crippen LogP contribution in [0, 0.1) is 0 Å². The van der Waals surface area contributed by atoms with Crippen LogP contribution in [0.4, 0.5) is 0 Å². The molecular formula is C15H20ClNO3. The minimum absolute atomic E-state index is 0.00379. The van der Waals surface area contributed by atoms with Crippen LogP contribution >= 0.6 is 11.6 Å². The molecule has 0 aliphatic heterocycles. The van der Waals surface area contributed by atoms with Crippen molar-refractivity contribution in [2.75, 3.05) is 7.11 Å². The molecule has 5 heteroatoms. The summed E-state index contributed by atoms with van der Waals surface area (Å²) < 4.78 is 4.96. The highest BCUT2D eigenvalue weighted by Crippen LogP contribution is 2.27. The predicted molar refractivity (Wildman–Crippen MR) is 78.6 cm³/mol. The van der Waals surface area contributed by atoms with Crippen LogP contribution in [-0.2, 0) is 0 Å². The summed E-state index contributed by atoms with van der Waals surface area (Å²) in [5, 5.41) is 12.7. The summed E-state index contributed by atoms with van der Waals surface area (Å²) in [6, 6.07) is 4.62. The fraction of sp³-hybridized carbons (Fsp3) is 0.533. The summed E-state index contributed by atoms with van der Waals surface area (Å²) in [5.41, 5.74) is 0.413. The number of ether oxygens (including phenoxy) is 1. The third-order valence-corrected chi connectivity index (χ3v) is 4.21. The van der Waals surface area contributed by atoms with Crippen molar-refractivity contribution in [2.45, 2.75) is 43.5 Å². The number of rotatable bonds is 3. The zero-order chi connectivity index (χ0) is 14.5. The van der Waals surface area contributed by atoms with Crippen molar-refractivity contribution in [3.05, 3.63) is 23.8 Å². The maximum absolute atomic E-state index is 12.2. The van der Waals surface area contributed by atoms with Crippen molar-refractivity contribution in [3.8, 4) is 11.5 Å². The molecule has 0 heterocycles. The van der Waals surface area contributed by atoms with E-state index >= 15 is 0 Å². The lowest BCUT2D eigenvalue weighted by molar-refractivity contribution is 0.0933.